The van der Waals surface area contributed by atoms with E-state index in [0.717, 1.165) is 37.7 Å². The van der Waals surface area contributed by atoms with E-state index in [1.54, 1.807) is 6.07 Å². The van der Waals surface area contributed by atoms with Crippen molar-refractivity contribution in [1.82, 2.24) is 0 Å². The quantitative estimate of drug-likeness (QED) is 0.542. The van der Waals surface area contributed by atoms with Crippen LogP contribution in [0.15, 0.2) is 24.3 Å². The Morgan fingerprint density at radius 2 is 2.00 bits per heavy atom. The van der Waals surface area contributed by atoms with Gasteiger partial charge in [-0.3, -0.25) is 0 Å². The van der Waals surface area contributed by atoms with E-state index in [0.29, 0.717) is 22.1 Å². The van der Waals surface area contributed by atoms with Crippen LogP contribution in [0.4, 0.5) is 0 Å². The number of hydrogen-bond donors (Lipinski definition) is 1. The normalized spacial score (nSPS) is 10.6. The van der Waals surface area contributed by atoms with Crippen molar-refractivity contribution < 1.29 is 14.3 Å². The Balaban J connectivity index is 1.99. The van der Waals surface area contributed by atoms with Crippen LogP contribution >= 0.6 is 0 Å². The standard InChI is InChI=1S/C13H20O3Si/c1-2-17-16-10-5-9-15-11-8-12-6-3-4-7-13(12)14/h3-4,6-7,14H,2,5,8-11H2,1H3. The van der Waals surface area contributed by atoms with Gasteiger partial charge in [-0.15, -0.1) is 0 Å². The van der Waals surface area contributed by atoms with Crippen LogP contribution in [0.3, 0.4) is 0 Å². The lowest BCUT2D eigenvalue weighted by molar-refractivity contribution is 0.122. The molecule has 0 bridgehead atoms. The second-order valence-electron chi connectivity index (χ2n) is 3.69. The number of rotatable bonds is 9. The first-order valence-electron chi connectivity index (χ1n) is 6.04. The number of phenolic OH excluding ortho intramolecular Hbond substituents is 1. The number of hydrogen-bond acceptors (Lipinski definition) is 3. The molecule has 0 saturated heterocycles. The molecule has 0 amide bonds. The molecule has 0 saturated carbocycles. The molecule has 1 rings (SSSR count). The van der Waals surface area contributed by atoms with Crippen molar-refractivity contribution in [2.75, 3.05) is 19.8 Å². The lowest BCUT2D eigenvalue weighted by Gasteiger charge is -2.06. The Bertz CT molecular complexity index is 304. The summed E-state index contributed by atoms with van der Waals surface area (Å²) in [5, 5.41) is 9.54. The van der Waals surface area contributed by atoms with Crippen LogP contribution < -0.4 is 0 Å². The van der Waals surface area contributed by atoms with Gasteiger partial charge >= 0.3 is 0 Å². The van der Waals surface area contributed by atoms with Gasteiger partial charge in [-0.05, 0) is 30.5 Å². The van der Waals surface area contributed by atoms with E-state index < -0.39 is 0 Å². The highest BCUT2D eigenvalue weighted by atomic mass is 28.2. The van der Waals surface area contributed by atoms with Crippen molar-refractivity contribution in [3.8, 4) is 5.75 Å². The van der Waals surface area contributed by atoms with Gasteiger partial charge < -0.3 is 14.3 Å². The molecular weight excluding hydrogens is 232 g/mol. The molecule has 0 aromatic heterocycles. The van der Waals surface area contributed by atoms with Gasteiger partial charge in [0.1, 0.15) is 5.75 Å². The van der Waals surface area contributed by atoms with E-state index in [1.165, 1.54) is 0 Å². The molecule has 0 unspecified atom stereocenters. The number of aromatic hydroxyl groups is 1. The minimum atomic E-state index is 0.351. The maximum Gasteiger partial charge on any atom is 0.229 e. The van der Waals surface area contributed by atoms with E-state index in [9.17, 15) is 5.11 Å². The molecule has 0 heterocycles. The SMILES string of the molecule is CC[Si]OCCCOCCc1ccccc1O. The zero-order chi connectivity index (χ0) is 12.3. The molecule has 0 atom stereocenters. The molecule has 94 valence electrons. The summed E-state index contributed by atoms with van der Waals surface area (Å²) in [6, 6.07) is 8.47. The number of benzene rings is 1. The molecule has 1 N–H and O–H groups in total. The maximum absolute atomic E-state index is 9.54. The molecule has 1 aromatic carbocycles. The molecule has 0 aliphatic rings. The Morgan fingerprint density at radius 1 is 1.18 bits per heavy atom. The van der Waals surface area contributed by atoms with Gasteiger partial charge in [0.2, 0.25) is 9.76 Å². The van der Waals surface area contributed by atoms with Crippen LogP contribution in [0.1, 0.15) is 18.9 Å². The predicted molar refractivity (Wildman–Crippen MR) is 69.4 cm³/mol. The van der Waals surface area contributed by atoms with Crippen molar-refractivity contribution in [2.45, 2.75) is 25.8 Å². The summed E-state index contributed by atoms with van der Waals surface area (Å²) in [4.78, 5) is 0. The van der Waals surface area contributed by atoms with E-state index in [4.69, 9.17) is 9.16 Å². The summed E-state index contributed by atoms with van der Waals surface area (Å²) in [7, 11) is 0.614. The van der Waals surface area contributed by atoms with Crippen molar-refractivity contribution >= 4 is 9.76 Å². The first-order valence-corrected chi connectivity index (χ1v) is 7.15. The van der Waals surface area contributed by atoms with E-state index in [2.05, 4.69) is 6.92 Å². The minimum absolute atomic E-state index is 0.351. The van der Waals surface area contributed by atoms with Gasteiger partial charge in [-0.2, -0.15) is 0 Å². The molecule has 17 heavy (non-hydrogen) atoms. The van der Waals surface area contributed by atoms with Crippen LogP contribution in [0, 0.1) is 0 Å². The first-order chi connectivity index (χ1) is 8.34. The molecule has 0 spiro atoms. The molecule has 2 radical (unpaired) electrons. The second-order valence-corrected chi connectivity index (χ2v) is 4.98. The fourth-order valence-electron chi connectivity index (χ4n) is 1.41. The van der Waals surface area contributed by atoms with E-state index in [1.807, 2.05) is 18.2 Å². The fraction of sp³-hybridized carbons (Fsp3) is 0.538. The summed E-state index contributed by atoms with van der Waals surface area (Å²) >= 11 is 0. The van der Waals surface area contributed by atoms with Gasteiger partial charge in [0.15, 0.2) is 0 Å². The molecule has 4 heteroatoms. The molecule has 1 aromatic rings. The zero-order valence-corrected chi connectivity index (χ0v) is 11.3. The largest absolute Gasteiger partial charge is 0.508 e. The zero-order valence-electron chi connectivity index (χ0n) is 10.3. The van der Waals surface area contributed by atoms with E-state index >= 15 is 0 Å². The summed E-state index contributed by atoms with van der Waals surface area (Å²) in [5.41, 5.74) is 0.941. The van der Waals surface area contributed by atoms with Gasteiger partial charge in [-0.1, -0.05) is 25.1 Å². The monoisotopic (exact) mass is 252 g/mol. The minimum Gasteiger partial charge on any atom is -0.508 e. The van der Waals surface area contributed by atoms with E-state index in [-0.39, 0.29) is 0 Å². The van der Waals surface area contributed by atoms with Crippen molar-refractivity contribution in [3.05, 3.63) is 29.8 Å². The van der Waals surface area contributed by atoms with Crippen molar-refractivity contribution in [1.29, 1.82) is 0 Å². The van der Waals surface area contributed by atoms with Crippen LogP contribution in [0.5, 0.6) is 5.75 Å². The smallest absolute Gasteiger partial charge is 0.229 e. The van der Waals surface area contributed by atoms with Crippen molar-refractivity contribution in [3.63, 3.8) is 0 Å². The summed E-state index contributed by atoms with van der Waals surface area (Å²) in [6.45, 7) is 4.26. The molecule has 0 aliphatic heterocycles. The summed E-state index contributed by atoms with van der Waals surface area (Å²) in [5.74, 6) is 0.351. The molecule has 0 fully saturated rings. The molecule has 0 aliphatic carbocycles. The van der Waals surface area contributed by atoms with Crippen molar-refractivity contribution in [2.24, 2.45) is 0 Å². The lowest BCUT2D eigenvalue weighted by atomic mass is 10.1. The maximum atomic E-state index is 9.54. The van der Waals surface area contributed by atoms with Crippen LogP contribution in [0.25, 0.3) is 0 Å². The highest BCUT2D eigenvalue weighted by molar-refractivity contribution is 6.26. The predicted octanol–water partition coefficient (Wildman–Crippen LogP) is 2.42. The number of ether oxygens (including phenoxy) is 1. The Morgan fingerprint density at radius 3 is 2.76 bits per heavy atom. The Hall–Kier alpha value is -0.843. The average Bonchev–Trinajstić information content (AvgIpc) is 2.35. The third-order valence-corrected chi connectivity index (χ3v) is 2.99. The lowest BCUT2D eigenvalue weighted by Crippen LogP contribution is -2.05. The third-order valence-electron chi connectivity index (χ3n) is 2.29. The summed E-state index contributed by atoms with van der Waals surface area (Å²) < 4.78 is 10.9. The summed E-state index contributed by atoms with van der Waals surface area (Å²) in [6.07, 6.45) is 1.69. The topological polar surface area (TPSA) is 38.7 Å². The van der Waals surface area contributed by atoms with Crippen LogP contribution in [-0.4, -0.2) is 34.7 Å². The first kappa shape index (κ1) is 14.2. The Kier molecular flexibility index (Phi) is 7.71. The average molecular weight is 252 g/mol. The van der Waals surface area contributed by atoms with Gasteiger partial charge in [0, 0.05) is 13.2 Å². The van der Waals surface area contributed by atoms with Crippen LogP contribution in [-0.2, 0) is 15.6 Å². The second kappa shape index (κ2) is 9.21. The van der Waals surface area contributed by atoms with Gasteiger partial charge in [0.05, 0.1) is 6.61 Å². The molecule has 3 nitrogen and oxygen atoms in total. The van der Waals surface area contributed by atoms with Gasteiger partial charge in [-0.25, -0.2) is 0 Å². The van der Waals surface area contributed by atoms with Crippen LogP contribution in [0.2, 0.25) is 6.04 Å². The Labute approximate surface area is 106 Å². The number of phenols is 1. The highest BCUT2D eigenvalue weighted by Gasteiger charge is 1.99. The highest BCUT2D eigenvalue weighted by Crippen LogP contribution is 2.15. The molecular formula is C13H20O3Si. The number of para-hydroxylation sites is 1. The van der Waals surface area contributed by atoms with Gasteiger partial charge in [0.25, 0.3) is 0 Å². The fourth-order valence-corrected chi connectivity index (χ4v) is 1.91. The third kappa shape index (κ3) is 6.46.